The number of aldehydes is 1. The zero-order valence-electron chi connectivity index (χ0n) is 18.6. The molecule has 1 unspecified atom stereocenters. The average molecular weight is 438 g/mol. The van der Waals surface area contributed by atoms with Crippen molar-refractivity contribution < 1.29 is 23.8 Å². The number of hydrogen-bond donors (Lipinski definition) is 0. The maximum Gasteiger partial charge on any atom is 0.306 e. The van der Waals surface area contributed by atoms with E-state index in [0.29, 0.717) is 13.2 Å². The molecule has 0 saturated carbocycles. The Balaban J connectivity index is 0.000000165. The molecule has 0 aliphatic carbocycles. The van der Waals surface area contributed by atoms with Crippen LogP contribution in [0.25, 0.3) is 0 Å². The lowest BCUT2D eigenvalue weighted by atomic mass is 10.0. The van der Waals surface area contributed by atoms with E-state index in [9.17, 15) is 9.59 Å². The van der Waals surface area contributed by atoms with Gasteiger partial charge in [-0.15, -0.1) is 0 Å². The summed E-state index contributed by atoms with van der Waals surface area (Å²) < 4.78 is 15.9. The minimum atomic E-state index is -0.0782. The topological polar surface area (TPSA) is 65.1 Å². The van der Waals surface area contributed by atoms with Crippen molar-refractivity contribution >= 4 is 12.3 Å². The molecule has 0 bridgehead atoms. The molecule has 6 nitrogen and oxygen atoms in total. The third kappa shape index (κ3) is 5.88. The fourth-order valence-electron chi connectivity index (χ4n) is 4.31. The van der Waals surface area contributed by atoms with Gasteiger partial charge in [0.2, 0.25) is 6.79 Å². The van der Waals surface area contributed by atoms with Gasteiger partial charge in [0, 0.05) is 18.9 Å². The van der Waals surface area contributed by atoms with Crippen LogP contribution in [-0.4, -0.2) is 37.0 Å². The fraction of sp³-hybridized carbons (Fsp3) is 0.462. The standard InChI is InChI=1S/C15H19NO3.C11H12O2/c17-10-12-2-1-6-16(7-5-12)9-13-3-4-14-15(8-13)19-11-18-14;1-8-2-4-9(5-3-8)10-6-7-11(12)13-10/h3-4,8,10,12H,1-2,5-7,9,11H2;2-5,10H,6-7H2,1H3/t;10-/m.0/s1. The van der Waals surface area contributed by atoms with Gasteiger partial charge in [0.1, 0.15) is 12.4 Å². The number of aryl methyl sites for hydroxylation is 1. The van der Waals surface area contributed by atoms with Crippen molar-refractivity contribution in [2.24, 2.45) is 5.92 Å². The van der Waals surface area contributed by atoms with Gasteiger partial charge in [-0.1, -0.05) is 35.9 Å². The van der Waals surface area contributed by atoms with Crippen molar-refractivity contribution in [2.75, 3.05) is 19.9 Å². The van der Waals surface area contributed by atoms with Gasteiger partial charge < -0.3 is 19.0 Å². The van der Waals surface area contributed by atoms with Crippen molar-refractivity contribution in [3.63, 3.8) is 0 Å². The summed E-state index contributed by atoms with van der Waals surface area (Å²) >= 11 is 0. The van der Waals surface area contributed by atoms with E-state index in [-0.39, 0.29) is 18.0 Å². The second kappa shape index (κ2) is 10.6. The number of likely N-dealkylation sites (tertiary alicyclic amines) is 1. The van der Waals surface area contributed by atoms with Crippen molar-refractivity contribution in [3.05, 3.63) is 59.2 Å². The van der Waals surface area contributed by atoms with E-state index in [1.54, 1.807) is 0 Å². The summed E-state index contributed by atoms with van der Waals surface area (Å²) in [6.45, 7) is 5.35. The van der Waals surface area contributed by atoms with Crippen LogP contribution in [-0.2, 0) is 20.9 Å². The van der Waals surface area contributed by atoms with Crippen molar-refractivity contribution in [2.45, 2.75) is 51.7 Å². The summed E-state index contributed by atoms with van der Waals surface area (Å²) in [5.74, 6) is 1.85. The van der Waals surface area contributed by atoms with Crippen LogP contribution in [0.2, 0.25) is 0 Å². The molecule has 170 valence electrons. The van der Waals surface area contributed by atoms with E-state index in [2.05, 4.69) is 17.0 Å². The van der Waals surface area contributed by atoms with Crippen LogP contribution in [0.4, 0.5) is 0 Å². The minimum absolute atomic E-state index is 0.00639. The summed E-state index contributed by atoms with van der Waals surface area (Å²) in [6, 6.07) is 14.3. The highest BCUT2D eigenvalue weighted by molar-refractivity contribution is 5.71. The van der Waals surface area contributed by atoms with E-state index >= 15 is 0 Å². The molecule has 2 aromatic rings. The summed E-state index contributed by atoms with van der Waals surface area (Å²) in [5.41, 5.74) is 3.58. The molecule has 3 aliphatic heterocycles. The van der Waals surface area contributed by atoms with E-state index in [0.717, 1.165) is 68.7 Å². The van der Waals surface area contributed by atoms with Crippen LogP contribution in [0.1, 0.15) is 54.9 Å². The zero-order chi connectivity index (χ0) is 22.3. The fourth-order valence-corrected chi connectivity index (χ4v) is 4.31. The smallest absolute Gasteiger partial charge is 0.306 e. The molecular weight excluding hydrogens is 406 g/mol. The zero-order valence-corrected chi connectivity index (χ0v) is 18.6. The third-order valence-electron chi connectivity index (χ3n) is 6.23. The Morgan fingerprint density at radius 2 is 1.81 bits per heavy atom. The molecule has 6 heteroatoms. The Morgan fingerprint density at radius 1 is 1.00 bits per heavy atom. The SMILES string of the molecule is Cc1ccc([C@@H]2CCC(=O)O2)cc1.O=CC1CCCN(Cc2ccc3c(c2)OCO3)CC1. The van der Waals surface area contributed by atoms with E-state index < -0.39 is 0 Å². The molecule has 0 aromatic heterocycles. The van der Waals surface area contributed by atoms with Gasteiger partial charge >= 0.3 is 5.97 Å². The first-order valence-electron chi connectivity index (χ1n) is 11.4. The van der Waals surface area contributed by atoms with Crippen LogP contribution in [0.5, 0.6) is 11.5 Å². The molecule has 2 fully saturated rings. The predicted molar refractivity (Wildman–Crippen MR) is 120 cm³/mol. The number of ether oxygens (including phenoxy) is 3. The van der Waals surface area contributed by atoms with Gasteiger partial charge in [-0.05, 0) is 69.0 Å². The number of carbonyl (C=O) groups is 2. The molecule has 0 radical (unpaired) electrons. The van der Waals surface area contributed by atoms with Gasteiger partial charge in [-0.2, -0.15) is 0 Å². The third-order valence-corrected chi connectivity index (χ3v) is 6.23. The number of hydrogen-bond acceptors (Lipinski definition) is 6. The summed E-state index contributed by atoms with van der Waals surface area (Å²) in [6.07, 6.45) is 5.60. The van der Waals surface area contributed by atoms with Crippen LogP contribution in [0.15, 0.2) is 42.5 Å². The minimum Gasteiger partial charge on any atom is -0.457 e. The second-order valence-electron chi connectivity index (χ2n) is 8.72. The Morgan fingerprint density at radius 3 is 2.56 bits per heavy atom. The monoisotopic (exact) mass is 437 g/mol. The molecule has 32 heavy (non-hydrogen) atoms. The van der Waals surface area contributed by atoms with Gasteiger partial charge in [-0.3, -0.25) is 9.69 Å². The first-order valence-corrected chi connectivity index (χ1v) is 11.4. The number of rotatable bonds is 4. The maximum atomic E-state index is 10.9. The predicted octanol–water partition coefficient (Wildman–Crippen LogP) is 4.59. The van der Waals surface area contributed by atoms with Crippen molar-refractivity contribution in [1.29, 1.82) is 0 Å². The Labute approximate surface area is 189 Å². The highest BCUT2D eigenvalue weighted by atomic mass is 16.7. The molecule has 0 amide bonds. The Bertz CT molecular complexity index is 926. The lowest BCUT2D eigenvalue weighted by Crippen LogP contribution is -2.24. The molecular formula is C26H31NO5. The quantitative estimate of drug-likeness (QED) is 0.515. The lowest BCUT2D eigenvalue weighted by molar-refractivity contribution is -0.141. The molecule has 0 spiro atoms. The summed E-state index contributed by atoms with van der Waals surface area (Å²) in [7, 11) is 0. The summed E-state index contributed by atoms with van der Waals surface area (Å²) in [5, 5.41) is 0. The summed E-state index contributed by atoms with van der Waals surface area (Å²) in [4.78, 5) is 24.1. The molecule has 5 rings (SSSR count). The van der Waals surface area contributed by atoms with Crippen LogP contribution < -0.4 is 9.47 Å². The molecule has 2 aromatic carbocycles. The average Bonchev–Trinajstić information content (AvgIpc) is 3.39. The van der Waals surface area contributed by atoms with Crippen LogP contribution in [0.3, 0.4) is 0 Å². The highest BCUT2D eigenvalue weighted by Crippen LogP contribution is 2.33. The number of fused-ring (bicyclic) bond motifs is 1. The van der Waals surface area contributed by atoms with Gasteiger partial charge in [-0.25, -0.2) is 0 Å². The molecule has 3 aliphatic rings. The number of carbonyl (C=O) groups excluding carboxylic acids is 2. The lowest BCUT2D eigenvalue weighted by Gasteiger charge is -2.20. The molecule has 2 atom stereocenters. The van der Waals surface area contributed by atoms with Crippen molar-refractivity contribution in [1.82, 2.24) is 4.90 Å². The van der Waals surface area contributed by atoms with Gasteiger partial charge in [0.15, 0.2) is 11.5 Å². The molecule has 2 saturated heterocycles. The number of cyclic esters (lactones) is 1. The van der Waals surface area contributed by atoms with E-state index in [1.807, 2.05) is 37.3 Å². The molecule has 3 heterocycles. The second-order valence-corrected chi connectivity index (χ2v) is 8.72. The van der Waals surface area contributed by atoms with E-state index in [4.69, 9.17) is 14.2 Å². The van der Waals surface area contributed by atoms with Crippen molar-refractivity contribution in [3.8, 4) is 11.5 Å². The maximum absolute atomic E-state index is 10.9. The van der Waals surface area contributed by atoms with Crippen LogP contribution >= 0.6 is 0 Å². The normalized spacial score (nSPS) is 22.5. The Kier molecular flexibility index (Phi) is 7.43. The van der Waals surface area contributed by atoms with Gasteiger partial charge in [0.25, 0.3) is 0 Å². The number of benzene rings is 2. The number of nitrogens with zero attached hydrogens (tertiary/aromatic N) is 1. The van der Waals surface area contributed by atoms with E-state index in [1.165, 1.54) is 11.1 Å². The first kappa shape index (κ1) is 22.3. The highest BCUT2D eigenvalue weighted by Gasteiger charge is 2.24. The first-order chi connectivity index (χ1) is 15.6. The number of esters is 1. The van der Waals surface area contributed by atoms with Gasteiger partial charge in [0.05, 0.1) is 0 Å². The Hall–Kier alpha value is -2.86. The molecule has 0 N–H and O–H groups in total. The largest absolute Gasteiger partial charge is 0.457 e. The van der Waals surface area contributed by atoms with Crippen LogP contribution in [0, 0.1) is 12.8 Å².